The van der Waals surface area contributed by atoms with E-state index in [1.807, 2.05) is 0 Å². The van der Waals surface area contributed by atoms with Gasteiger partial charge < -0.3 is 20.3 Å². The van der Waals surface area contributed by atoms with Crippen molar-refractivity contribution in [2.75, 3.05) is 6.79 Å². The monoisotopic (exact) mass is 247 g/mol. The lowest BCUT2D eigenvalue weighted by Crippen LogP contribution is -2.22. The number of hydrogen-bond donors (Lipinski definition) is 2. The molecule has 0 aliphatic carbocycles. The number of carboxylic acid groups (broad SMARTS) is 1. The Kier molecular flexibility index (Phi) is 2.61. The molecule has 0 saturated carbocycles. The predicted molar refractivity (Wildman–Crippen MR) is 52.1 cm³/mol. The molecule has 1 aromatic rings. The summed E-state index contributed by atoms with van der Waals surface area (Å²) in [5, 5.41) is 8.37. The topological polar surface area (TPSA) is 81.8 Å². The molecule has 1 atom stereocenters. The molecule has 86 valence electrons. The van der Waals surface area contributed by atoms with Gasteiger partial charge in [-0.15, -0.1) is 0 Å². The van der Waals surface area contributed by atoms with Crippen molar-refractivity contribution < 1.29 is 23.8 Å². The summed E-state index contributed by atoms with van der Waals surface area (Å²) in [5.41, 5.74) is 5.07. The van der Waals surface area contributed by atoms with E-state index in [1.165, 1.54) is 6.07 Å². The van der Waals surface area contributed by atoms with Crippen LogP contribution in [0.5, 0.6) is 11.5 Å². The number of fused-ring (bicyclic) bond motifs is 1. The largest absolute Gasteiger partial charge is 0.480 e. The molecule has 0 aromatic heterocycles. The first-order valence-corrected chi connectivity index (χ1v) is 4.66. The Morgan fingerprint density at radius 1 is 1.62 bits per heavy atom. The highest BCUT2D eigenvalue weighted by Crippen LogP contribution is 2.43. The van der Waals surface area contributed by atoms with Crippen LogP contribution in [-0.4, -0.2) is 17.9 Å². The molecule has 7 heteroatoms. The average molecular weight is 248 g/mol. The van der Waals surface area contributed by atoms with Gasteiger partial charge in [0.1, 0.15) is 11.1 Å². The minimum absolute atomic E-state index is 0.0699. The molecule has 0 saturated heterocycles. The highest BCUT2D eigenvalue weighted by Gasteiger charge is 2.28. The molecule has 0 bridgehead atoms. The van der Waals surface area contributed by atoms with Gasteiger partial charge in [0.05, 0.1) is 0 Å². The van der Waals surface area contributed by atoms with Gasteiger partial charge in [0, 0.05) is 5.56 Å². The van der Waals surface area contributed by atoms with Gasteiger partial charge in [0.25, 0.3) is 0 Å². The van der Waals surface area contributed by atoms with Crippen LogP contribution in [0.1, 0.15) is 11.6 Å². The fourth-order valence-corrected chi connectivity index (χ4v) is 1.61. The van der Waals surface area contributed by atoms with Gasteiger partial charge in [-0.2, -0.15) is 0 Å². The molecule has 1 aliphatic heterocycles. The fraction of sp³-hybridized carbons (Fsp3) is 0.222. The second-order valence-corrected chi connectivity index (χ2v) is 3.52. The van der Waals surface area contributed by atoms with Gasteiger partial charge >= 0.3 is 5.97 Å². The van der Waals surface area contributed by atoms with E-state index in [2.05, 4.69) is 0 Å². The summed E-state index contributed by atoms with van der Waals surface area (Å²) in [5.74, 6) is -1.99. The number of halogens is 2. The van der Waals surface area contributed by atoms with Gasteiger partial charge in [0.15, 0.2) is 17.3 Å². The van der Waals surface area contributed by atoms with E-state index < -0.39 is 17.8 Å². The zero-order valence-corrected chi connectivity index (χ0v) is 8.62. The van der Waals surface area contributed by atoms with Crippen LogP contribution in [0.4, 0.5) is 4.39 Å². The standard InChI is InChI=1S/C9H7ClFNO4/c10-5-6(11)3(7(12)9(13)14)1-4-8(5)16-2-15-4/h1,7H,2,12H2,(H,13,14). The Balaban J connectivity index is 2.56. The first-order chi connectivity index (χ1) is 7.52. The third-order valence-electron chi connectivity index (χ3n) is 2.17. The maximum absolute atomic E-state index is 13.7. The third-order valence-corrected chi connectivity index (χ3v) is 2.51. The number of benzene rings is 1. The van der Waals surface area contributed by atoms with Crippen molar-refractivity contribution in [2.45, 2.75) is 6.04 Å². The SMILES string of the molecule is NC(C(=O)O)c1cc2c(c(Cl)c1F)OCO2. The highest BCUT2D eigenvalue weighted by atomic mass is 35.5. The number of hydrogen-bond acceptors (Lipinski definition) is 4. The molecule has 0 amide bonds. The fourth-order valence-electron chi connectivity index (χ4n) is 1.36. The van der Waals surface area contributed by atoms with Gasteiger partial charge in [0.2, 0.25) is 6.79 Å². The lowest BCUT2D eigenvalue weighted by molar-refractivity contribution is -0.138. The molecule has 0 spiro atoms. The summed E-state index contributed by atoms with van der Waals surface area (Å²) in [7, 11) is 0. The van der Waals surface area contributed by atoms with Crippen LogP contribution >= 0.6 is 11.6 Å². The number of aliphatic carboxylic acids is 1. The van der Waals surface area contributed by atoms with Crippen molar-refractivity contribution in [3.63, 3.8) is 0 Å². The van der Waals surface area contributed by atoms with E-state index in [4.69, 9.17) is 31.9 Å². The minimum Gasteiger partial charge on any atom is -0.480 e. The summed E-state index contributed by atoms with van der Waals surface area (Å²) >= 11 is 5.66. The quantitative estimate of drug-likeness (QED) is 0.823. The van der Waals surface area contributed by atoms with E-state index in [-0.39, 0.29) is 28.9 Å². The number of rotatable bonds is 2. The zero-order valence-electron chi connectivity index (χ0n) is 7.87. The van der Waals surface area contributed by atoms with Crippen molar-refractivity contribution in [1.29, 1.82) is 0 Å². The Bertz CT molecular complexity index is 465. The van der Waals surface area contributed by atoms with Crippen molar-refractivity contribution in [1.82, 2.24) is 0 Å². The van der Waals surface area contributed by atoms with Crippen LogP contribution in [-0.2, 0) is 4.79 Å². The van der Waals surface area contributed by atoms with E-state index in [9.17, 15) is 9.18 Å². The first kappa shape index (κ1) is 11.0. The minimum atomic E-state index is -1.49. The molecule has 3 N–H and O–H groups in total. The third kappa shape index (κ3) is 1.56. The molecule has 5 nitrogen and oxygen atoms in total. The number of carboxylic acids is 1. The highest BCUT2D eigenvalue weighted by molar-refractivity contribution is 6.32. The Labute approximate surface area is 94.5 Å². The van der Waals surface area contributed by atoms with Gasteiger partial charge in [-0.3, -0.25) is 4.79 Å². The van der Waals surface area contributed by atoms with E-state index in [0.29, 0.717) is 0 Å². The lowest BCUT2D eigenvalue weighted by Gasteiger charge is -2.10. The molecule has 1 heterocycles. The molecule has 0 fully saturated rings. The van der Waals surface area contributed by atoms with Crippen molar-refractivity contribution >= 4 is 17.6 Å². The van der Waals surface area contributed by atoms with Crippen molar-refractivity contribution in [2.24, 2.45) is 5.73 Å². The Hall–Kier alpha value is -1.53. The van der Waals surface area contributed by atoms with Crippen LogP contribution in [0.25, 0.3) is 0 Å². The predicted octanol–water partition coefficient (Wildman–Crippen LogP) is 1.29. The molecule has 1 unspecified atom stereocenters. The van der Waals surface area contributed by atoms with E-state index in [1.54, 1.807) is 0 Å². The molecule has 0 radical (unpaired) electrons. The molecule has 16 heavy (non-hydrogen) atoms. The second-order valence-electron chi connectivity index (χ2n) is 3.14. The molecular formula is C9H7ClFNO4. The van der Waals surface area contributed by atoms with Crippen LogP contribution in [0.15, 0.2) is 6.07 Å². The van der Waals surface area contributed by atoms with Crippen LogP contribution < -0.4 is 15.2 Å². The van der Waals surface area contributed by atoms with E-state index in [0.717, 1.165) is 0 Å². The summed E-state index contributed by atoms with van der Waals surface area (Å²) in [6, 6.07) is -0.311. The summed E-state index contributed by atoms with van der Waals surface area (Å²) in [6.45, 7) is -0.0831. The van der Waals surface area contributed by atoms with Crippen LogP contribution in [0.3, 0.4) is 0 Å². The summed E-state index contributed by atoms with van der Waals surface area (Å²) < 4.78 is 23.6. The van der Waals surface area contributed by atoms with Gasteiger partial charge in [-0.25, -0.2) is 4.39 Å². The Morgan fingerprint density at radius 2 is 2.31 bits per heavy atom. The zero-order chi connectivity index (χ0) is 11.9. The van der Waals surface area contributed by atoms with Gasteiger partial charge in [-0.1, -0.05) is 11.6 Å². The van der Waals surface area contributed by atoms with Crippen LogP contribution in [0.2, 0.25) is 5.02 Å². The smallest absolute Gasteiger partial charge is 0.325 e. The van der Waals surface area contributed by atoms with Gasteiger partial charge in [-0.05, 0) is 6.07 Å². The maximum Gasteiger partial charge on any atom is 0.325 e. The summed E-state index contributed by atoms with van der Waals surface area (Å²) in [6.07, 6.45) is 0. The van der Waals surface area contributed by atoms with Crippen molar-refractivity contribution in [3.05, 3.63) is 22.5 Å². The van der Waals surface area contributed by atoms with Crippen LogP contribution in [0, 0.1) is 5.82 Å². The lowest BCUT2D eigenvalue weighted by atomic mass is 10.1. The molecule has 1 aromatic carbocycles. The normalized spacial score (nSPS) is 14.9. The number of ether oxygens (including phenoxy) is 2. The maximum atomic E-state index is 13.7. The van der Waals surface area contributed by atoms with Crippen molar-refractivity contribution in [3.8, 4) is 11.5 Å². The van der Waals surface area contributed by atoms with E-state index >= 15 is 0 Å². The molecule has 1 aliphatic rings. The first-order valence-electron chi connectivity index (χ1n) is 4.28. The summed E-state index contributed by atoms with van der Waals surface area (Å²) in [4.78, 5) is 10.7. The number of nitrogens with two attached hydrogens (primary N) is 1. The Morgan fingerprint density at radius 3 is 2.94 bits per heavy atom. The molecule has 2 rings (SSSR count). The average Bonchev–Trinajstić information content (AvgIpc) is 2.70. The number of carbonyl (C=O) groups is 1. The molecular weight excluding hydrogens is 241 g/mol. The second kappa shape index (κ2) is 3.80.